The Bertz CT molecular complexity index is 392. The Labute approximate surface area is 134 Å². The second-order valence-corrected chi connectivity index (χ2v) is 7.61. The normalized spacial score (nSPS) is 18.7. The van der Waals surface area contributed by atoms with Gasteiger partial charge in [-0.2, -0.15) is 0 Å². The fraction of sp³-hybridized carbons (Fsp3) is 0.778. The summed E-state index contributed by atoms with van der Waals surface area (Å²) >= 11 is 0. The number of nitrogens with two attached hydrogens (primary N) is 1. The number of nitrogens with one attached hydrogen (secondary N) is 1. The average molecular weight is 308 g/mol. The molecule has 0 aliphatic heterocycles. The van der Waals surface area contributed by atoms with Crippen molar-refractivity contribution in [2.75, 3.05) is 0 Å². The van der Waals surface area contributed by atoms with Crippen LogP contribution in [-0.2, 0) is 9.59 Å². The van der Waals surface area contributed by atoms with E-state index in [-0.39, 0.29) is 23.3 Å². The van der Waals surface area contributed by atoms with Crippen LogP contribution in [0.15, 0.2) is 12.7 Å². The van der Waals surface area contributed by atoms with Crippen molar-refractivity contribution in [3.05, 3.63) is 12.7 Å². The second kappa shape index (κ2) is 8.35. The lowest BCUT2D eigenvalue weighted by atomic mass is 9.80. The van der Waals surface area contributed by atoms with Gasteiger partial charge in [0, 0.05) is 17.4 Å². The molecule has 0 saturated heterocycles. The lowest BCUT2D eigenvalue weighted by Gasteiger charge is -2.30. The zero-order valence-corrected chi connectivity index (χ0v) is 14.4. The molecule has 0 aromatic heterocycles. The van der Waals surface area contributed by atoms with E-state index >= 15 is 0 Å². The van der Waals surface area contributed by atoms with Crippen LogP contribution in [0.1, 0.15) is 65.7 Å². The van der Waals surface area contributed by atoms with Gasteiger partial charge in [0.25, 0.3) is 0 Å². The van der Waals surface area contributed by atoms with Crippen LogP contribution in [0.5, 0.6) is 0 Å². The van der Waals surface area contributed by atoms with Gasteiger partial charge in [-0.1, -0.05) is 31.8 Å². The molecule has 0 heterocycles. The Morgan fingerprint density at radius 2 is 1.86 bits per heavy atom. The largest absolute Gasteiger partial charge is 0.369 e. The molecule has 1 aliphatic carbocycles. The molecule has 1 aliphatic rings. The van der Waals surface area contributed by atoms with E-state index in [1.807, 2.05) is 20.8 Å². The van der Waals surface area contributed by atoms with Crippen LogP contribution >= 0.6 is 0 Å². The zero-order valence-electron chi connectivity index (χ0n) is 14.4. The van der Waals surface area contributed by atoms with Gasteiger partial charge in [0.15, 0.2) is 0 Å². The SMILES string of the molecule is C=CCC[C@H](C(N)=O)[C@@H](CC1CCCC1)C(=O)NC(C)(C)C. The molecule has 0 aromatic rings. The van der Waals surface area contributed by atoms with Gasteiger partial charge >= 0.3 is 0 Å². The number of primary amides is 1. The first-order valence-corrected chi connectivity index (χ1v) is 8.47. The summed E-state index contributed by atoms with van der Waals surface area (Å²) in [6.07, 6.45) is 8.64. The van der Waals surface area contributed by atoms with Gasteiger partial charge in [0.05, 0.1) is 0 Å². The summed E-state index contributed by atoms with van der Waals surface area (Å²) in [5.74, 6) is -0.580. The number of amides is 2. The number of carbonyl (C=O) groups excluding carboxylic acids is 2. The standard InChI is InChI=1S/C18H32N2O2/c1-5-6-11-14(16(19)21)15(12-13-9-7-8-10-13)17(22)20-18(2,3)4/h5,13-15H,1,6-12H2,2-4H3,(H2,19,21)(H,20,22)/t14-,15+/m0/s1. The molecule has 0 radical (unpaired) electrons. The molecular weight excluding hydrogens is 276 g/mol. The fourth-order valence-corrected chi connectivity index (χ4v) is 3.36. The molecule has 4 nitrogen and oxygen atoms in total. The summed E-state index contributed by atoms with van der Waals surface area (Å²) in [6, 6.07) is 0. The minimum Gasteiger partial charge on any atom is -0.369 e. The molecule has 0 spiro atoms. The molecule has 4 heteroatoms. The van der Waals surface area contributed by atoms with E-state index in [0.29, 0.717) is 18.8 Å². The van der Waals surface area contributed by atoms with Crippen LogP contribution < -0.4 is 11.1 Å². The van der Waals surface area contributed by atoms with Gasteiger partial charge in [0.1, 0.15) is 0 Å². The number of hydrogen-bond acceptors (Lipinski definition) is 2. The number of carbonyl (C=O) groups is 2. The first kappa shape index (κ1) is 18.7. The summed E-state index contributed by atoms with van der Waals surface area (Å²) in [5.41, 5.74) is 5.30. The third kappa shape index (κ3) is 6.20. The molecule has 2 atom stereocenters. The van der Waals surface area contributed by atoms with E-state index in [0.717, 1.165) is 19.3 Å². The molecule has 3 N–H and O–H groups in total. The van der Waals surface area contributed by atoms with Gasteiger partial charge in [-0.05, 0) is 46.0 Å². The highest BCUT2D eigenvalue weighted by atomic mass is 16.2. The molecular formula is C18H32N2O2. The average Bonchev–Trinajstić information content (AvgIpc) is 2.88. The first-order chi connectivity index (χ1) is 10.2. The van der Waals surface area contributed by atoms with E-state index in [2.05, 4.69) is 11.9 Å². The molecule has 0 aromatic carbocycles. The Morgan fingerprint density at radius 3 is 2.32 bits per heavy atom. The summed E-state index contributed by atoms with van der Waals surface area (Å²) in [7, 11) is 0. The van der Waals surface area contributed by atoms with E-state index in [4.69, 9.17) is 5.73 Å². The molecule has 126 valence electrons. The monoisotopic (exact) mass is 308 g/mol. The first-order valence-electron chi connectivity index (χ1n) is 8.47. The van der Waals surface area contributed by atoms with Crippen LogP contribution in [0.2, 0.25) is 0 Å². The topological polar surface area (TPSA) is 72.2 Å². The van der Waals surface area contributed by atoms with E-state index in [1.165, 1.54) is 12.8 Å². The summed E-state index contributed by atoms with van der Waals surface area (Å²) in [6.45, 7) is 9.58. The third-order valence-electron chi connectivity index (χ3n) is 4.43. The maximum atomic E-state index is 12.7. The molecule has 0 bridgehead atoms. The van der Waals surface area contributed by atoms with Gasteiger partial charge in [0.2, 0.25) is 11.8 Å². The quantitative estimate of drug-likeness (QED) is 0.676. The second-order valence-electron chi connectivity index (χ2n) is 7.61. The fourth-order valence-electron chi connectivity index (χ4n) is 3.36. The van der Waals surface area contributed by atoms with Gasteiger partial charge in [-0.3, -0.25) is 9.59 Å². The number of hydrogen-bond donors (Lipinski definition) is 2. The molecule has 1 fully saturated rings. The summed E-state index contributed by atoms with van der Waals surface area (Å²) in [5, 5.41) is 3.03. The van der Waals surface area contributed by atoms with Crippen LogP contribution in [-0.4, -0.2) is 17.4 Å². The molecule has 2 amide bonds. The predicted molar refractivity (Wildman–Crippen MR) is 90.1 cm³/mol. The minimum absolute atomic E-state index is 0.0349. The number of rotatable bonds is 8. The highest BCUT2D eigenvalue weighted by Gasteiger charge is 2.35. The maximum absolute atomic E-state index is 12.7. The predicted octanol–water partition coefficient (Wildman–Crippen LogP) is 3.17. The van der Waals surface area contributed by atoms with Crippen molar-refractivity contribution >= 4 is 11.8 Å². The van der Waals surface area contributed by atoms with Crippen molar-refractivity contribution in [1.82, 2.24) is 5.32 Å². The Kier molecular flexibility index (Phi) is 7.11. The Morgan fingerprint density at radius 1 is 1.27 bits per heavy atom. The van der Waals surface area contributed by atoms with Crippen molar-refractivity contribution in [2.45, 2.75) is 71.3 Å². The summed E-state index contributed by atoms with van der Waals surface area (Å²) < 4.78 is 0. The molecule has 1 rings (SSSR count). The maximum Gasteiger partial charge on any atom is 0.224 e. The van der Waals surface area contributed by atoms with Crippen molar-refractivity contribution in [2.24, 2.45) is 23.5 Å². The van der Waals surface area contributed by atoms with E-state index in [9.17, 15) is 9.59 Å². The molecule has 0 unspecified atom stereocenters. The van der Waals surface area contributed by atoms with Gasteiger partial charge in [-0.15, -0.1) is 6.58 Å². The Hall–Kier alpha value is -1.32. The van der Waals surface area contributed by atoms with E-state index in [1.54, 1.807) is 6.08 Å². The zero-order chi connectivity index (χ0) is 16.8. The van der Waals surface area contributed by atoms with Crippen molar-refractivity contribution < 1.29 is 9.59 Å². The Balaban J connectivity index is 2.88. The van der Waals surface area contributed by atoms with Gasteiger partial charge < -0.3 is 11.1 Å². The highest BCUT2D eigenvalue weighted by Crippen LogP contribution is 2.34. The third-order valence-corrected chi connectivity index (χ3v) is 4.43. The number of allylic oxidation sites excluding steroid dienone is 1. The van der Waals surface area contributed by atoms with Crippen LogP contribution in [0, 0.1) is 17.8 Å². The smallest absolute Gasteiger partial charge is 0.224 e. The molecule has 22 heavy (non-hydrogen) atoms. The lowest BCUT2D eigenvalue weighted by molar-refractivity contribution is -0.135. The van der Waals surface area contributed by atoms with Crippen molar-refractivity contribution in [3.8, 4) is 0 Å². The van der Waals surface area contributed by atoms with Crippen LogP contribution in [0.4, 0.5) is 0 Å². The van der Waals surface area contributed by atoms with Crippen molar-refractivity contribution in [3.63, 3.8) is 0 Å². The summed E-state index contributed by atoms with van der Waals surface area (Å²) in [4.78, 5) is 24.6. The van der Waals surface area contributed by atoms with E-state index < -0.39 is 5.92 Å². The highest BCUT2D eigenvalue weighted by molar-refractivity contribution is 5.87. The van der Waals surface area contributed by atoms with Crippen LogP contribution in [0.3, 0.4) is 0 Å². The molecule has 1 saturated carbocycles. The lowest BCUT2D eigenvalue weighted by Crippen LogP contribution is -2.48. The van der Waals surface area contributed by atoms with Crippen LogP contribution in [0.25, 0.3) is 0 Å². The van der Waals surface area contributed by atoms with Crippen molar-refractivity contribution in [1.29, 1.82) is 0 Å². The van der Waals surface area contributed by atoms with Gasteiger partial charge in [-0.25, -0.2) is 0 Å². The minimum atomic E-state index is -0.402.